The molecule has 4 rings (SSSR count). The van der Waals surface area contributed by atoms with E-state index < -0.39 is 0 Å². The van der Waals surface area contributed by atoms with Crippen LogP contribution in [0, 0.1) is 0 Å². The molecule has 0 saturated heterocycles. The maximum absolute atomic E-state index is 6.23. The molecule has 0 spiro atoms. The van der Waals surface area contributed by atoms with Crippen molar-refractivity contribution in [1.82, 2.24) is 4.98 Å². The Morgan fingerprint density at radius 2 is 1.91 bits per heavy atom. The fourth-order valence-corrected chi connectivity index (χ4v) is 2.75. The number of aromatic nitrogens is 1. The van der Waals surface area contributed by atoms with Crippen LogP contribution in [0.2, 0.25) is 5.15 Å². The quantitative estimate of drug-likeness (QED) is 0.735. The zero-order valence-electron chi connectivity index (χ0n) is 11.7. The fraction of sp³-hybridized carbons (Fsp3) is 0.118. The lowest BCUT2D eigenvalue weighted by atomic mass is 10.1. The number of hydrogen-bond acceptors (Lipinski definition) is 4. The Morgan fingerprint density at radius 1 is 1.05 bits per heavy atom. The minimum atomic E-state index is 0.286. The summed E-state index contributed by atoms with van der Waals surface area (Å²) in [5.41, 5.74) is 1.09. The first-order valence-electron chi connectivity index (χ1n) is 6.97. The first-order chi connectivity index (χ1) is 10.8. The third kappa shape index (κ3) is 2.42. The van der Waals surface area contributed by atoms with E-state index in [4.69, 9.17) is 21.1 Å². The summed E-state index contributed by atoms with van der Waals surface area (Å²) in [5, 5.41) is 5.82. The van der Waals surface area contributed by atoms with Crippen molar-refractivity contribution in [3.8, 4) is 11.5 Å². The van der Waals surface area contributed by atoms with E-state index in [-0.39, 0.29) is 6.79 Å². The summed E-state index contributed by atoms with van der Waals surface area (Å²) in [4.78, 5) is 4.39. The summed E-state index contributed by atoms with van der Waals surface area (Å²) in [7, 11) is 0. The molecule has 0 amide bonds. The maximum atomic E-state index is 6.23. The van der Waals surface area contributed by atoms with E-state index >= 15 is 0 Å². The van der Waals surface area contributed by atoms with Gasteiger partial charge in [-0.05, 0) is 29.1 Å². The van der Waals surface area contributed by atoms with Gasteiger partial charge in [0.25, 0.3) is 0 Å². The van der Waals surface area contributed by atoms with Crippen LogP contribution in [-0.4, -0.2) is 11.8 Å². The van der Waals surface area contributed by atoms with Crippen LogP contribution in [0.3, 0.4) is 0 Å². The number of anilines is 1. The van der Waals surface area contributed by atoms with Gasteiger partial charge >= 0.3 is 0 Å². The van der Waals surface area contributed by atoms with Gasteiger partial charge in [-0.25, -0.2) is 4.98 Å². The van der Waals surface area contributed by atoms with Gasteiger partial charge in [0.2, 0.25) is 6.79 Å². The second-order valence-electron chi connectivity index (χ2n) is 5.06. The highest BCUT2D eigenvalue weighted by Crippen LogP contribution is 2.32. The van der Waals surface area contributed by atoms with Crippen LogP contribution >= 0.6 is 11.6 Å². The zero-order chi connectivity index (χ0) is 14.9. The van der Waals surface area contributed by atoms with Crippen molar-refractivity contribution in [1.29, 1.82) is 0 Å². The molecular formula is C17H13ClN2O2. The Morgan fingerprint density at radius 3 is 2.86 bits per heavy atom. The van der Waals surface area contributed by atoms with Gasteiger partial charge < -0.3 is 14.8 Å². The Hall–Kier alpha value is -2.46. The Balaban J connectivity index is 1.56. The molecule has 0 radical (unpaired) electrons. The summed E-state index contributed by atoms with van der Waals surface area (Å²) >= 11 is 6.23. The average Bonchev–Trinajstić information content (AvgIpc) is 3.00. The van der Waals surface area contributed by atoms with E-state index in [0.29, 0.717) is 11.7 Å². The van der Waals surface area contributed by atoms with Gasteiger partial charge in [0, 0.05) is 11.9 Å². The molecule has 5 heteroatoms. The van der Waals surface area contributed by atoms with Crippen molar-refractivity contribution >= 4 is 28.2 Å². The number of benzene rings is 2. The molecule has 0 unspecified atom stereocenters. The molecule has 1 aliphatic heterocycles. The van der Waals surface area contributed by atoms with Gasteiger partial charge in [0.15, 0.2) is 11.5 Å². The second-order valence-corrected chi connectivity index (χ2v) is 5.42. The molecule has 2 heterocycles. The number of nitrogens with zero attached hydrogens (tertiary/aromatic N) is 1. The molecular weight excluding hydrogens is 300 g/mol. The zero-order valence-corrected chi connectivity index (χ0v) is 12.4. The smallest absolute Gasteiger partial charge is 0.231 e. The third-order valence-electron chi connectivity index (χ3n) is 3.60. The number of pyridine rings is 1. The van der Waals surface area contributed by atoms with Crippen molar-refractivity contribution in [2.24, 2.45) is 0 Å². The molecule has 0 saturated carbocycles. The molecule has 1 aliphatic rings. The lowest BCUT2D eigenvalue weighted by Crippen LogP contribution is -2.01. The maximum Gasteiger partial charge on any atom is 0.231 e. The summed E-state index contributed by atoms with van der Waals surface area (Å²) in [5.74, 6) is 2.32. The van der Waals surface area contributed by atoms with Crippen LogP contribution in [0.5, 0.6) is 11.5 Å². The molecule has 2 aromatic carbocycles. The topological polar surface area (TPSA) is 43.4 Å². The van der Waals surface area contributed by atoms with Crippen LogP contribution in [-0.2, 0) is 6.54 Å². The Labute approximate surface area is 132 Å². The molecule has 4 nitrogen and oxygen atoms in total. The van der Waals surface area contributed by atoms with Crippen LogP contribution in [0.1, 0.15) is 5.56 Å². The average molecular weight is 313 g/mol. The number of halogens is 1. The van der Waals surface area contributed by atoms with E-state index in [1.165, 1.54) is 0 Å². The first kappa shape index (κ1) is 13.2. The summed E-state index contributed by atoms with van der Waals surface area (Å²) in [6, 6.07) is 15.8. The molecule has 3 aromatic rings. The van der Waals surface area contributed by atoms with Crippen LogP contribution in [0.25, 0.3) is 10.8 Å². The minimum Gasteiger partial charge on any atom is -0.454 e. The summed E-state index contributed by atoms with van der Waals surface area (Å²) < 4.78 is 10.7. The van der Waals surface area contributed by atoms with E-state index in [1.54, 1.807) is 0 Å². The predicted molar refractivity (Wildman–Crippen MR) is 86.6 cm³/mol. The lowest BCUT2D eigenvalue weighted by molar-refractivity contribution is 0.174. The molecule has 0 bridgehead atoms. The highest BCUT2D eigenvalue weighted by Gasteiger charge is 2.13. The van der Waals surface area contributed by atoms with Gasteiger partial charge in [-0.15, -0.1) is 0 Å². The van der Waals surface area contributed by atoms with Gasteiger partial charge in [-0.1, -0.05) is 41.9 Å². The van der Waals surface area contributed by atoms with Crippen LogP contribution in [0.4, 0.5) is 5.82 Å². The van der Waals surface area contributed by atoms with Crippen molar-refractivity contribution in [2.45, 2.75) is 6.54 Å². The second kappa shape index (κ2) is 5.39. The van der Waals surface area contributed by atoms with Crippen molar-refractivity contribution in [2.75, 3.05) is 12.1 Å². The SMILES string of the molecule is Clc1nc(NCc2ccc3c(c2)OCO3)cc2ccccc12. The number of ether oxygens (including phenoxy) is 2. The van der Waals surface area contributed by atoms with Gasteiger partial charge in [-0.2, -0.15) is 0 Å². The lowest BCUT2D eigenvalue weighted by Gasteiger charge is -2.09. The highest BCUT2D eigenvalue weighted by atomic mass is 35.5. The molecule has 1 aromatic heterocycles. The molecule has 0 atom stereocenters. The highest BCUT2D eigenvalue weighted by molar-refractivity contribution is 6.34. The van der Waals surface area contributed by atoms with E-state index in [1.807, 2.05) is 48.5 Å². The van der Waals surface area contributed by atoms with Crippen molar-refractivity contribution < 1.29 is 9.47 Å². The van der Waals surface area contributed by atoms with E-state index in [2.05, 4.69) is 10.3 Å². The number of rotatable bonds is 3. The van der Waals surface area contributed by atoms with E-state index in [9.17, 15) is 0 Å². The largest absolute Gasteiger partial charge is 0.454 e. The third-order valence-corrected chi connectivity index (χ3v) is 3.89. The Bertz CT molecular complexity index is 851. The van der Waals surface area contributed by atoms with Gasteiger partial charge in [0.1, 0.15) is 11.0 Å². The summed E-state index contributed by atoms with van der Waals surface area (Å²) in [6.07, 6.45) is 0. The normalized spacial score (nSPS) is 12.6. The fourth-order valence-electron chi connectivity index (χ4n) is 2.49. The standard InChI is InChI=1S/C17H13ClN2O2/c18-17-13-4-2-1-3-12(13)8-16(20-17)19-9-11-5-6-14-15(7-11)22-10-21-14/h1-8H,9-10H2,(H,19,20). The van der Waals surface area contributed by atoms with Crippen molar-refractivity contribution in [3.63, 3.8) is 0 Å². The predicted octanol–water partition coefficient (Wildman–Crippen LogP) is 4.23. The molecule has 1 N–H and O–H groups in total. The molecule has 22 heavy (non-hydrogen) atoms. The first-order valence-corrected chi connectivity index (χ1v) is 7.35. The number of fused-ring (bicyclic) bond motifs is 2. The summed E-state index contributed by atoms with van der Waals surface area (Å²) in [6.45, 7) is 0.923. The monoisotopic (exact) mass is 312 g/mol. The van der Waals surface area contributed by atoms with Crippen LogP contribution in [0.15, 0.2) is 48.5 Å². The number of nitrogens with one attached hydrogen (secondary N) is 1. The Kier molecular flexibility index (Phi) is 3.24. The van der Waals surface area contributed by atoms with Crippen molar-refractivity contribution in [3.05, 3.63) is 59.2 Å². The molecule has 0 fully saturated rings. The molecule has 110 valence electrons. The van der Waals surface area contributed by atoms with E-state index in [0.717, 1.165) is 33.7 Å². The number of hydrogen-bond donors (Lipinski definition) is 1. The molecule has 0 aliphatic carbocycles. The van der Waals surface area contributed by atoms with Gasteiger partial charge in [-0.3, -0.25) is 0 Å². The van der Waals surface area contributed by atoms with Crippen LogP contribution < -0.4 is 14.8 Å². The minimum absolute atomic E-state index is 0.286. The van der Waals surface area contributed by atoms with Gasteiger partial charge in [0.05, 0.1) is 0 Å².